The molecule has 0 atom stereocenters. The van der Waals surface area contributed by atoms with Crippen LogP contribution in [0.2, 0.25) is 0 Å². The zero-order valence-corrected chi connectivity index (χ0v) is 17.2. The van der Waals surface area contributed by atoms with Crippen molar-refractivity contribution >= 4 is 35.1 Å². The second-order valence-corrected chi connectivity index (χ2v) is 8.84. The second-order valence-electron chi connectivity index (χ2n) is 6.85. The van der Waals surface area contributed by atoms with Gasteiger partial charge in [0.1, 0.15) is 5.75 Å². The number of benzene rings is 1. The maximum atomic E-state index is 11.1. The summed E-state index contributed by atoms with van der Waals surface area (Å²) in [6.45, 7) is 1.56. The number of aromatic nitrogens is 1. The van der Waals surface area contributed by atoms with Crippen LogP contribution >= 0.6 is 23.5 Å². The molecular formula is C20H21N3O3S2. The Morgan fingerprint density at radius 2 is 2.21 bits per heavy atom. The van der Waals surface area contributed by atoms with Crippen molar-refractivity contribution in [3.05, 3.63) is 39.3 Å². The Morgan fingerprint density at radius 1 is 1.39 bits per heavy atom. The Morgan fingerprint density at radius 3 is 2.93 bits per heavy atom. The molecule has 6 nitrogen and oxygen atoms in total. The summed E-state index contributed by atoms with van der Waals surface area (Å²) in [7, 11) is 1.53. The summed E-state index contributed by atoms with van der Waals surface area (Å²) >= 11 is 3.15. The number of carbonyl (C=O) groups is 1. The topological polar surface area (TPSA) is 74.7 Å². The van der Waals surface area contributed by atoms with E-state index in [1.807, 2.05) is 0 Å². The predicted molar refractivity (Wildman–Crippen MR) is 111 cm³/mol. The monoisotopic (exact) mass is 415 g/mol. The lowest BCUT2D eigenvalue weighted by Gasteiger charge is -2.16. The number of thiazole rings is 1. The molecule has 2 aromatic rings. The van der Waals surface area contributed by atoms with Crippen molar-refractivity contribution < 1.29 is 14.6 Å². The number of nitrogens with one attached hydrogen (secondary N) is 1. The van der Waals surface area contributed by atoms with Gasteiger partial charge in [-0.05, 0) is 37.0 Å². The van der Waals surface area contributed by atoms with Gasteiger partial charge in [0.25, 0.3) is 0 Å². The maximum absolute atomic E-state index is 11.1. The molecule has 2 N–H and O–H groups in total. The van der Waals surface area contributed by atoms with E-state index < -0.39 is 5.97 Å². The Labute approximate surface area is 172 Å². The Bertz CT molecular complexity index is 918. The lowest BCUT2D eigenvalue weighted by molar-refractivity contribution is 0.0696. The van der Waals surface area contributed by atoms with Crippen molar-refractivity contribution in [2.75, 3.05) is 11.8 Å². The fourth-order valence-electron chi connectivity index (χ4n) is 3.39. The van der Waals surface area contributed by atoms with Gasteiger partial charge >= 0.3 is 5.97 Å². The minimum absolute atomic E-state index is 0.200. The molecule has 1 aliphatic heterocycles. The molecule has 0 bridgehead atoms. The van der Waals surface area contributed by atoms with Crippen LogP contribution in [0, 0.1) is 17.8 Å². The molecule has 2 heterocycles. The molecule has 0 spiro atoms. The molecule has 1 aromatic heterocycles. The van der Waals surface area contributed by atoms with Crippen LogP contribution in [0.5, 0.6) is 5.75 Å². The maximum Gasteiger partial charge on any atom is 0.335 e. The first-order valence-electron chi connectivity index (χ1n) is 9.22. The highest BCUT2D eigenvalue weighted by Crippen LogP contribution is 2.35. The minimum atomic E-state index is -0.973. The third-order valence-electron chi connectivity index (χ3n) is 4.90. The molecule has 1 saturated carbocycles. The summed E-state index contributed by atoms with van der Waals surface area (Å²) < 4.78 is 10.7. The van der Waals surface area contributed by atoms with E-state index in [0.717, 1.165) is 29.5 Å². The van der Waals surface area contributed by atoms with Gasteiger partial charge < -0.3 is 14.6 Å². The number of carboxylic acids is 1. The van der Waals surface area contributed by atoms with Crippen molar-refractivity contribution in [2.45, 2.75) is 38.8 Å². The van der Waals surface area contributed by atoms with Gasteiger partial charge in [0, 0.05) is 29.5 Å². The standard InChI is InChI=1S/C20H21N3O3S2/c1-26-17-10-14(20(24)25)7-8-15(17)22-28-23-11-16-18(12-23)27-19(21-16)9-6-13-4-2-3-5-13/h7-8,10,13,22H,2-5,11-12H2,1H3,(H,24,25). The fraction of sp³-hybridized carbons (Fsp3) is 0.400. The molecule has 8 heteroatoms. The zero-order chi connectivity index (χ0) is 19.5. The normalized spacial score (nSPS) is 16.5. The van der Waals surface area contributed by atoms with Crippen LogP contribution in [0.4, 0.5) is 5.69 Å². The minimum Gasteiger partial charge on any atom is -0.495 e. The Hall–Kier alpha value is -2.21. The summed E-state index contributed by atoms with van der Waals surface area (Å²) in [5.41, 5.74) is 2.04. The van der Waals surface area contributed by atoms with Crippen molar-refractivity contribution in [2.24, 2.45) is 5.92 Å². The highest BCUT2D eigenvalue weighted by Gasteiger charge is 2.24. The number of hydrogen-bond acceptors (Lipinski definition) is 7. The number of anilines is 1. The van der Waals surface area contributed by atoms with E-state index in [4.69, 9.17) is 14.8 Å². The Balaban J connectivity index is 1.34. The Kier molecular flexibility index (Phi) is 5.76. The molecule has 0 unspecified atom stereocenters. The van der Waals surface area contributed by atoms with Gasteiger partial charge in [-0.3, -0.25) is 0 Å². The van der Waals surface area contributed by atoms with E-state index >= 15 is 0 Å². The van der Waals surface area contributed by atoms with Gasteiger partial charge in [0.15, 0.2) is 5.01 Å². The highest BCUT2D eigenvalue weighted by atomic mass is 32.2. The van der Waals surface area contributed by atoms with E-state index in [1.54, 1.807) is 23.5 Å². The van der Waals surface area contributed by atoms with Crippen LogP contribution in [-0.2, 0) is 13.1 Å². The molecule has 1 aliphatic carbocycles. The number of methoxy groups -OCH3 is 1. The SMILES string of the molecule is COc1cc(C(=O)O)ccc1NSN1Cc2nc(C#CC3CCCC3)sc2C1. The predicted octanol–water partition coefficient (Wildman–Crippen LogP) is 4.38. The summed E-state index contributed by atoms with van der Waals surface area (Å²) in [6, 6.07) is 4.80. The van der Waals surface area contributed by atoms with Gasteiger partial charge in [0.05, 0.1) is 30.6 Å². The van der Waals surface area contributed by atoms with Crippen LogP contribution in [0.1, 0.15) is 51.6 Å². The molecular weight excluding hydrogens is 394 g/mol. The van der Waals surface area contributed by atoms with E-state index in [0.29, 0.717) is 11.7 Å². The smallest absolute Gasteiger partial charge is 0.335 e. The molecule has 4 rings (SSSR count). The number of fused-ring (bicyclic) bond motifs is 1. The van der Waals surface area contributed by atoms with Crippen LogP contribution in [0.25, 0.3) is 0 Å². The van der Waals surface area contributed by atoms with E-state index in [9.17, 15) is 4.79 Å². The molecule has 1 fully saturated rings. The van der Waals surface area contributed by atoms with Crippen molar-refractivity contribution in [1.29, 1.82) is 0 Å². The number of hydrogen-bond donors (Lipinski definition) is 2. The summed E-state index contributed by atoms with van der Waals surface area (Å²) in [6.07, 6.45) is 5.06. The number of nitrogens with zero attached hydrogens (tertiary/aromatic N) is 2. The van der Waals surface area contributed by atoms with Crippen LogP contribution < -0.4 is 9.46 Å². The molecule has 0 radical (unpaired) electrons. The number of ether oxygens (including phenoxy) is 1. The average Bonchev–Trinajstić information content (AvgIpc) is 3.40. The number of aromatic carboxylic acids is 1. The average molecular weight is 416 g/mol. The fourth-order valence-corrected chi connectivity index (χ4v) is 5.19. The van der Waals surface area contributed by atoms with Gasteiger partial charge in [-0.1, -0.05) is 18.8 Å². The largest absolute Gasteiger partial charge is 0.495 e. The van der Waals surface area contributed by atoms with Crippen molar-refractivity contribution in [1.82, 2.24) is 9.29 Å². The lowest BCUT2D eigenvalue weighted by Crippen LogP contribution is -2.10. The van der Waals surface area contributed by atoms with Gasteiger partial charge in [-0.2, -0.15) is 0 Å². The second kappa shape index (κ2) is 8.43. The van der Waals surface area contributed by atoms with E-state index in [1.165, 1.54) is 55.9 Å². The summed E-state index contributed by atoms with van der Waals surface area (Å²) in [4.78, 5) is 17.0. The van der Waals surface area contributed by atoms with Crippen LogP contribution in [0.3, 0.4) is 0 Å². The van der Waals surface area contributed by atoms with E-state index in [2.05, 4.69) is 20.9 Å². The zero-order valence-electron chi connectivity index (χ0n) is 15.5. The van der Waals surface area contributed by atoms with Crippen LogP contribution in [0.15, 0.2) is 18.2 Å². The first-order valence-corrected chi connectivity index (χ1v) is 10.8. The summed E-state index contributed by atoms with van der Waals surface area (Å²) in [5, 5.41) is 10.0. The first-order chi connectivity index (χ1) is 13.6. The quantitative estimate of drug-likeness (QED) is 0.554. The van der Waals surface area contributed by atoms with E-state index in [-0.39, 0.29) is 5.56 Å². The van der Waals surface area contributed by atoms with Crippen LogP contribution in [-0.4, -0.2) is 27.5 Å². The molecule has 146 valence electrons. The third-order valence-corrected chi connectivity index (χ3v) is 6.72. The molecule has 0 saturated heterocycles. The van der Waals surface area contributed by atoms with Crippen molar-refractivity contribution in [3.8, 4) is 17.6 Å². The first kappa shape index (κ1) is 19.1. The molecule has 1 aromatic carbocycles. The summed E-state index contributed by atoms with van der Waals surface area (Å²) in [5.74, 6) is 6.73. The van der Waals surface area contributed by atoms with Gasteiger partial charge in [-0.25, -0.2) is 14.1 Å². The molecule has 0 amide bonds. The molecule has 2 aliphatic rings. The van der Waals surface area contributed by atoms with Gasteiger partial charge in [-0.15, -0.1) is 11.3 Å². The van der Waals surface area contributed by atoms with Crippen molar-refractivity contribution in [3.63, 3.8) is 0 Å². The third kappa shape index (κ3) is 4.27. The number of rotatable bonds is 5. The lowest BCUT2D eigenvalue weighted by atomic mass is 10.1. The van der Waals surface area contributed by atoms with Gasteiger partial charge in [0.2, 0.25) is 0 Å². The number of carboxylic acid groups (broad SMARTS) is 1. The highest BCUT2D eigenvalue weighted by molar-refractivity contribution is 7.98. The molecule has 28 heavy (non-hydrogen) atoms.